The minimum atomic E-state index is -4.51. The Morgan fingerprint density at radius 3 is 1.73 bits per heavy atom. The van der Waals surface area contributed by atoms with Gasteiger partial charge in [0.1, 0.15) is 46.5 Å². The number of ether oxygens (including phenoxy) is 1. The third kappa shape index (κ3) is 6.60. The Bertz CT molecular complexity index is 1920. The molecule has 0 fully saturated rings. The van der Waals surface area contributed by atoms with E-state index in [4.69, 9.17) is 5.26 Å². The summed E-state index contributed by atoms with van der Waals surface area (Å²) < 4.78 is 108. The van der Waals surface area contributed by atoms with E-state index in [-0.39, 0.29) is 33.4 Å². The van der Waals surface area contributed by atoms with E-state index in [1.165, 1.54) is 24.3 Å². The first-order valence-electron chi connectivity index (χ1n) is 13.6. The van der Waals surface area contributed by atoms with E-state index in [0.717, 1.165) is 54.8 Å². The number of allylic oxidation sites excluding steroid dienone is 1. The molecule has 5 aromatic rings. The molecule has 5 aromatic carbocycles. The molecule has 0 spiro atoms. The van der Waals surface area contributed by atoms with Crippen molar-refractivity contribution in [2.75, 3.05) is 0 Å². The molecule has 9 heteroatoms. The zero-order valence-electron chi connectivity index (χ0n) is 23.4. The summed E-state index contributed by atoms with van der Waals surface area (Å²) in [7, 11) is 0. The van der Waals surface area contributed by atoms with Gasteiger partial charge < -0.3 is 4.74 Å². The summed E-state index contributed by atoms with van der Waals surface area (Å²) in [5.74, 6) is -6.59. The van der Waals surface area contributed by atoms with Gasteiger partial charge in [-0.15, -0.1) is 6.58 Å². The number of alkyl halides is 2. The van der Waals surface area contributed by atoms with Crippen molar-refractivity contribution in [3.63, 3.8) is 0 Å². The molecule has 0 saturated heterocycles. The lowest BCUT2D eigenvalue weighted by atomic mass is 9.98. The summed E-state index contributed by atoms with van der Waals surface area (Å²) in [5, 5.41) is 8.88. The Balaban J connectivity index is 1.36. The lowest BCUT2D eigenvalue weighted by Crippen LogP contribution is -2.25. The van der Waals surface area contributed by atoms with Crippen molar-refractivity contribution in [3.05, 3.63) is 149 Å². The molecule has 0 aliphatic heterocycles. The molecule has 0 heterocycles. The van der Waals surface area contributed by atoms with Gasteiger partial charge in [-0.25, -0.2) is 22.0 Å². The summed E-state index contributed by atoms with van der Waals surface area (Å²) in [6.45, 7) is 3.65. The third-order valence-corrected chi connectivity index (χ3v) is 7.12. The minimum absolute atomic E-state index is 0.0160. The molecule has 0 aliphatic rings. The molecule has 0 saturated carbocycles. The van der Waals surface area contributed by atoms with Gasteiger partial charge in [-0.2, -0.15) is 14.0 Å². The topological polar surface area (TPSA) is 33.0 Å². The molecule has 0 unspecified atom stereocenters. The molecular weight excluding hydrogens is 595 g/mol. The SMILES string of the molecule is C=CCCc1ccc(-c2cc(F)c(C(F)(F)Oc3ccc(-c4ccc(-c5ccc(C#N)c(F)c5)c(F)c4)c(F)c3)c(F)c2)cc1. The molecule has 5 rings (SSSR count). The highest BCUT2D eigenvalue weighted by Crippen LogP contribution is 2.38. The average Bonchev–Trinajstić information content (AvgIpc) is 2.99. The van der Waals surface area contributed by atoms with Crippen LogP contribution in [0, 0.1) is 40.4 Å². The van der Waals surface area contributed by atoms with Gasteiger partial charge in [0.15, 0.2) is 0 Å². The van der Waals surface area contributed by atoms with Gasteiger partial charge in [-0.05, 0) is 83.1 Å². The normalized spacial score (nSPS) is 11.2. The first kappa shape index (κ1) is 31.1. The Hall–Kier alpha value is -5.36. The van der Waals surface area contributed by atoms with Crippen molar-refractivity contribution in [3.8, 4) is 45.2 Å². The van der Waals surface area contributed by atoms with Crippen LogP contribution in [0.4, 0.5) is 30.7 Å². The van der Waals surface area contributed by atoms with Gasteiger partial charge in [0, 0.05) is 17.2 Å². The van der Waals surface area contributed by atoms with Gasteiger partial charge in [-0.3, -0.25) is 0 Å². The zero-order valence-corrected chi connectivity index (χ0v) is 23.4. The van der Waals surface area contributed by atoms with E-state index in [9.17, 15) is 17.6 Å². The van der Waals surface area contributed by atoms with E-state index in [1.54, 1.807) is 36.4 Å². The van der Waals surface area contributed by atoms with Gasteiger partial charge in [-0.1, -0.05) is 48.5 Å². The molecule has 0 aliphatic carbocycles. The van der Waals surface area contributed by atoms with Crippen LogP contribution in [-0.4, -0.2) is 0 Å². The number of nitrogens with zero attached hydrogens (tertiary/aromatic N) is 1. The number of aryl methyl sites for hydroxylation is 1. The predicted octanol–water partition coefficient (Wildman–Crippen LogP) is 10.5. The molecule has 0 atom stereocenters. The number of hydrogen-bond donors (Lipinski definition) is 0. The van der Waals surface area contributed by atoms with Crippen LogP contribution in [0.25, 0.3) is 33.4 Å². The molecular formula is C36H22F7NO. The Labute approximate surface area is 254 Å². The number of hydrogen-bond acceptors (Lipinski definition) is 2. The van der Waals surface area contributed by atoms with Gasteiger partial charge in [0.25, 0.3) is 0 Å². The van der Waals surface area contributed by atoms with E-state index < -0.39 is 46.5 Å². The highest BCUT2D eigenvalue weighted by molar-refractivity contribution is 5.72. The Morgan fingerprint density at radius 1 is 0.644 bits per heavy atom. The molecule has 45 heavy (non-hydrogen) atoms. The summed E-state index contributed by atoms with van der Waals surface area (Å²) in [6, 6.07) is 19.7. The molecule has 0 radical (unpaired) electrons. The summed E-state index contributed by atoms with van der Waals surface area (Å²) in [4.78, 5) is 0. The number of rotatable bonds is 9. The van der Waals surface area contributed by atoms with Crippen molar-refractivity contribution in [2.45, 2.75) is 19.0 Å². The van der Waals surface area contributed by atoms with Crippen molar-refractivity contribution < 1.29 is 35.5 Å². The molecule has 0 amide bonds. The first-order valence-corrected chi connectivity index (χ1v) is 13.6. The van der Waals surface area contributed by atoms with Crippen molar-refractivity contribution in [1.82, 2.24) is 0 Å². The van der Waals surface area contributed by atoms with Gasteiger partial charge in [0.2, 0.25) is 0 Å². The second-order valence-electron chi connectivity index (χ2n) is 10.1. The Kier molecular flexibility index (Phi) is 8.77. The maximum absolute atomic E-state index is 15.0. The van der Waals surface area contributed by atoms with E-state index in [0.29, 0.717) is 11.6 Å². The van der Waals surface area contributed by atoms with Gasteiger partial charge in [0.05, 0.1) is 5.56 Å². The largest absolute Gasteiger partial charge is 0.432 e. The van der Waals surface area contributed by atoms with Crippen LogP contribution in [0.1, 0.15) is 23.1 Å². The maximum Gasteiger partial charge on any atom is 0.432 e. The monoisotopic (exact) mass is 617 g/mol. The number of halogens is 7. The first-order chi connectivity index (χ1) is 21.5. The second-order valence-corrected chi connectivity index (χ2v) is 10.1. The fourth-order valence-corrected chi connectivity index (χ4v) is 4.83. The molecule has 0 N–H and O–H groups in total. The maximum atomic E-state index is 15.0. The fraction of sp³-hybridized carbons (Fsp3) is 0.0833. The van der Waals surface area contributed by atoms with Crippen LogP contribution in [-0.2, 0) is 12.5 Å². The van der Waals surface area contributed by atoms with Crippen LogP contribution in [0.3, 0.4) is 0 Å². The van der Waals surface area contributed by atoms with Crippen molar-refractivity contribution >= 4 is 0 Å². The van der Waals surface area contributed by atoms with Crippen LogP contribution in [0.5, 0.6) is 5.75 Å². The molecule has 226 valence electrons. The molecule has 0 bridgehead atoms. The Morgan fingerprint density at radius 2 is 1.18 bits per heavy atom. The smallest absolute Gasteiger partial charge is 0.429 e. The number of benzene rings is 5. The summed E-state index contributed by atoms with van der Waals surface area (Å²) >= 11 is 0. The fourth-order valence-electron chi connectivity index (χ4n) is 4.83. The molecule has 2 nitrogen and oxygen atoms in total. The van der Waals surface area contributed by atoms with Crippen LogP contribution < -0.4 is 4.74 Å². The third-order valence-electron chi connectivity index (χ3n) is 7.12. The van der Waals surface area contributed by atoms with Crippen LogP contribution in [0.15, 0.2) is 104 Å². The van der Waals surface area contributed by atoms with E-state index in [1.807, 2.05) is 0 Å². The lowest BCUT2D eigenvalue weighted by Gasteiger charge is -2.20. The standard InChI is InChI=1S/C36H22F7NO/c1-2-3-4-21-5-7-22(8-6-21)26-17-33(40)35(34(41)18-26)36(42,43)45-27-12-14-29(32(39)19-27)24-11-13-28(31(38)16-24)23-9-10-25(20-44)30(37)15-23/h2,5-19H,1,3-4H2. The second kappa shape index (κ2) is 12.7. The lowest BCUT2D eigenvalue weighted by molar-refractivity contribution is -0.189. The van der Waals surface area contributed by atoms with E-state index >= 15 is 13.2 Å². The van der Waals surface area contributed by atoms with Crippen molar-refractivity contribution in [2.24, 2.45) is 0 Å². The van der Waals surface area contributed by atoms with Crippen molar-refractivity contribution in [1.29, 1.82) is 5.26 Å². The predicted molar refractivity (Wildman–Crippen MR) is 157 cm³/mol. The quantitative estimate of drug-likeness (QED) is 0.122. The number of nitriles is 1. The summed E-state index contributed by atoms with van der Waals surface area (Å²) in [5.41, 5.74) is -0.457. The van der Waals surface area contributed by atoms with Crippen LogP contribution >= 0.6 is 0 Å². The average molecular weight is 618 g/mol. The zero-order chi connectivity index (χ0) is 32.3. The highest BCUT2D eigenvalue weighted by Gasteiger charge is 2.41. The van der Waals surface area contributed by atoms with Crippen LogP contribution in [0.2, 0.25) is 0 Å². The van der Waals surface area contributed by atoms with E-state index in [2.05, 4.69) is 11.3 Å². The highest BCUT2D eigenvalue weighted by atomic mass is 19.3. The summed E-state index contributed by atoms with van der Waals surface area (Å²) in [6.07, 6.45) is -1.29. The minimum Gasteiger partial charge on any atom is -0.429 e. The molecule has 0 aromatic heterocycles. The van der Waals surface area contributed by atoms with Gasteiger partial charge >= 0.3 is 6.11 Å².